The Bertz CT molecular complexity index is 749. The molecular weight excluding hydrogens is 357 g/mol. The van der Waals surface area contributed by atoms with Crippen LogP contribution in [0.3, 0.4) is 0 Å². The number of benzene rings is 1. The maximum atomic E-state index is 12.2. The van der Waals surface area contributed by atoms with Crippen molar-refractivity contribution in [3.63, 3.8) is 0 Å². The molecule has 6 nitrogen and oxygen atoms in total. The monoisotopic (exact) mass is 374 g/mol. The average molecular weight is 374 g/mol. The minimum atomic E-state index is -4.44. The topological polar surface area (TPSA) is 69.0 Å². The van der Waals surface area contributed by atoms with E-state index in [9.17, 15) is 18.0 Å². The molecule has 0 saturated carbocycles. The number of hydrogen-bond acceptors (Lipinski definition) is 5. The van der Waals surface area contributed by atoms with Gasteiger partial charge >= 0.3 is 6.18 Å². The average Bonchev–Trinajstić information content (AvgIpc) is 2.92. The number of nitrogens with one attached hydrogen (secondary N) is 1. The number of aromatic nitrogens is 3. The SMILES string of the molecule is COc1cccc(-c2nnc(SC(C)C(=O)NCC(F)(F)F)n2C)c1. The van der Waals surface area contributed by atoms with E-state index in [-0.39, 0.29) is 0 Å². The molecule has 2 aromatic rings. The first kappa shape index (κ1) is 19.1. The number of rotatable bonds is 6. The maximum Gasteiger partial charge on any atom is 0.405 e. The molecule has 0 bridgehead atoms. The Balaban J connectivity index is 2.09. The minimum Gasteiger partial charge on any atom is -0.497 e. The molecular formula is C15H17F3N4O2S. The van der Waals surface area contributed by atoms with E-state index >= 15 is 0 Å². The molecule has 0 aliphatic heterocycles. The van der Waals surface area contributed by atoms with Gasteiger partial charge in [-0.2, -0.15) is 13.2 Å². The number of thioether (sulfide) groups is 1. The number of methoxy groups -OCH3 is 1. The quantitative estimate of drug-likeness (QED) is 0.788. The largest absolute Gasteiger partial charge is 0.497 e. The number of alkyl halides is 3. The Labute approximate surface area is 146 Å². The van der Waals surface area contributed by atoms with E-state index in [4.69, 9.17) is 4.74 Å². The van der Waals surface area contributed by atoms with Crippen molar-refractivity contribution in [1.29, 1.82) is 0 Å². The lowest BCUT2D eigenvalue weighted by Crippen LogP contribution is -2.38. The van der Waals surface area contributed by atoms with Gasteiger partial charge in [0.15, 0.2) is 11.0 Å². The second-order valence-electron chi connectivity index (χ2n) is 5.19. The van der Waals surface area contributed by atoms with Crippen LogP contribution in [0.25, 0.3) is 11.4 Å². The van der Waals surface area contributed by atoms with Gasteiger partial charge in [-0.05, 0) is 19.1 Å². The zero-order chi connectivity index (χ0) is 18.6. The first-order valence-electron chi connectivity index (χ1n) is 7.26. The predicted molar refractivity (Wildman–Crippen MR) is 87.4 cm³/mol. The zero-order valence-electron chi connectivity index (χ0n) is 13.8. The molecule has 1 heterocycles. The van der Waals surface area contributed by atoms with E-state index in [1.165, 1.54) is 6.92 Å². The van der Waals surface area contributed by atoms with Crippen molar-refractivity contribution in [3.8, 4) is 17.1 Å². The molecule has 1 amide bonds. The van der Waals surface area contributed by atoms with E-state index < -0.39 is 23.9 Å². The number of halogens is 3. The van der Waals surface area contributed by atoms with Crippen LogP contribution in [-0.4, -0.2) is 45.8 Å². The van der Waals surface area contributed by atoms with Crippen molar-refractivity contribution >= 4 is 17.7 Å². The van der Waals surface area contributed by atoms with Crippen LogP contribution in [0.15, 0.2) is 29.4 Å². The third-order valence-electron chi connectivity index (χ3n) is 3.28. The lowest BCUT2D eigenvalue weighted by molar-refractivity contribution is -0.137. The Morgan fingerprint density at radius 3 is 2.76 bits per heavy atom. The van der Waals surface area contributed by atoms with Crippen molar-refractivity contribution in [3.05, 3.63) is 24.3 Å². The van der Waals surface area contributed by atoms with Crippen LogP contribution < -0.4 is 10.1 Å². The van der Waals surface area contributed by atoms with Gasteiger partial charge < -0.3 is 14.6 Å². The van der Waals surface area contributed by atoms with Crippen LogP contribution in [0.5, 0.6) is 5.75 Å². The van der Waals surface area contributed by atoms with E-state index in [1.807, 2.05) is 17.4 Å². The molecule has 136 valence electrons. The highest BCUT2D eigenvalue weighted by atomic mass is 32.2. The summed E-state index contributed by atoms with van der Waals surface area (Å²) in [5, 5.41) is 9.63. The van der Waals surface area contributed by atoms with Crippen molar-refractivity contribution in [2.75, 3.05) is 13.7 Å². The van der Waals surface area contributed by atoms with Gasteiger partial charge in [0.25, 0.3) is 0 Å². The van der Waals surface area contributed by atoms with Crippen molar-refractivity contribution in [2.45, 2.75) is 23.5 Å². The number of nitrogens with zero attached hydrogens (tertiary/aromatic N) is 3. The molecule has 10 heteroatoms. The molecule has 1 unspecified atom stereocenters. The van der Waals surface area contributed by atoms with E-state index in [0.29, 0.717) is 16.7 Å². The summed E-state index contributed by atoms with van der Waals surface area (Å²) in [7, 11) is 3.27. The van der Waals surface area contributed by atoms with E-state index in [0.717, 1.165) is 17.3 Å². The normalized spacial score (nSPS) is 12.7. The van der Waals surface area contributed by atoms with Crippen LogP contribution in [0.1, 0.15) is 6.92 Å². The van der Waals surface area contributed by atoms with Gasteiger partial charge in [-0.3, -0.25) is 4.79 Å². The first-order chi connectivity index (χ1) is 11.7. The second-order valence-corrected chi connectivity index (χ2v) is 6.50. The lowest BCUT2D eigenvalue weighted by Gasteiger charge is -2.13. The summed E-state index contributed by atoms with van der Waals surface area (Å²) in [5.41, 5.74) is 0.773. The summed E-state index contributed by atoms with van der Waals surface area (Å²) in [6, 6.07) is 7.23. The molecule has 0 fully saturated rings. The van der Waals surface area contributed by atoms with Gasteiger partial charge in [0.1, 0.15) is 12.3 Å². The fraction of sp³-hybridized carbons (Fsp3) is 0.400. The standard InChI is InChI=1S/C15H17F3N4O2S/c1-9(13(23)19-8-15(16,17)18)25-14-21-20-12(22(14)2)10-5-4-6-11(7-10)24-3/h4-7,9H,8H2,1-3H3,(H,19,23). The number of carbonyl (C=O) groups is 1. The van der Waals surface area contributed by atoms with Crippen molar-refractivity contribution in [1.82, 2.24) is 20.1 Å². The number of amides is 1. The maximum absolute atomic E-state index is 12.2. The fourth-order valence-corrected chi connectivity index (χ4v) is 2.81. The third-order valence-corrected chi connectivity index (χ3v) is 4.41. The molecule has 1 aromatic heterocycles. The number of hydrogen-bond donors (Lipinski definition) is 1. The molecule has 0 spiro atoms. The third kappa shape index (κ3) is 5.12. The highest BCUT2D eigenvalue weighted by Crippen LogP contribution is 2.27. The Kier molecular flexibility index (Phi) is 5.93. The zero-order valence-corrected chi connectivity index (χ0v) is 14.6. The van der Waals surface area contributed by atoms with Gasteiger partial charge in [0.05, 0.1) is 12.4 Å². The second kappa shape index (κ2) is 7.77. The summed E-state index contributed by atoms with van der Waals surface area (Å²) in [6.45, 7) is 0.154. The smallest absolute Gasteiger partial charge is 0.405 e. The Hall–Kier alpha value is -2.23. The summed E-state index contributed by atoms with van der Waals surface area (Å²) >= 11 is 1.03. The molecule has 0 saturated heterocycles. The number of ether oxygens (including phenoxy) is 1. The van der Waals surface area contributed by atoms with Gasteiger partial charge in [-0.15, -0.1) is 10.2 Å². The van der Waals surface area contributed by atoms with Crippen molar-refractivity contribution in [2.24, 2.45) is 7.05 Å². The van der Waals surface area contributed by atoms with Crippen LogP contribution in [0.4, 0.5) is 13.2 Å². The molecule has 1 aromatic carbocycles. The van der Waals surface area contributed by atoms with E-state index in [2.05, 4.69) is 10.2 Å². The van der Waals surface area contributed by atoms with Gasteiger partial charge in [0, 0.05) is 12.6 Å². The molecule has 0 aliphatic rings. The van der Waals surface area contributed by atoms with Crippen LogP contribution in [-0.2, 0) is 11.8 Å². The minimum absolute atomic E-state index is 0.424. The lowest BCUT2D eigenvalue weighted by atomic mass is 10.2. The van der Waals surface area contributed by atoms with Crippen LogP contribution in [0.2, 0.25) is 0 Å². The molecule has 2 rings (SSSR count). The highest BCUT2D eigenvalue weighted by Gasteiger charge is 2.29. The van der Waals surface area contributed by atoms with Crippen LogP contribution in [0, 0.1) is 0 Å². The molecule has 0 aliphatic carbocycles. The molecule has 0 radical (unpaired) electrons. The van der Waals surface area contributed by atoms with Crippen molar-refractivity contribution < 1.29 is 22.7 Å². The van der Waals surface area contributed by atoms with Gasteiger partial charge in [-0.25, -0.2) is 0 Å². The van der Waals surface area contributed by atoms with Crippen LogP contribution >= 0.6 is 11.8 Å². The fourth-order valence-electron chi connectivity index (χ4n) is 1.97. The Morgan fingerprint density at radius 1 is 1.40 bits per heavy atom. The summed E-state index contributed by atoms with van der Waals surface area (Å²) in [5.74, 6) is 0.507. The molecule has 1 atom stereocenters. The molecule has 25 heavy (non-hydrogen) atoms. The van der Waals surface area contributed by atoms with Gasteiger partial charge in [-0.1, -0.05) is 23.9 Å². The summed E-state index contributed by atoms with van der Waals surface area (Å²) in [4.78, 5) is 11.8. The van der Waals surface area contributed by atoms with E-state index in [1.54, 1.807) is 30.9 Å². The Morgan fingerprint density at radius 2 is 2.12 bits per heavy atom. The predicted octanol–water partition coefficient (Wildman–Crippen LogP) is 2.65. The molecule has 1 N–H and O–H groups in total. The van der Waals surface area contributed by atoms with Gasteiger partial charge in [0.2, 0.25) is 5.91 Å². The summed E-state index contributed by atoms with van der Waals surface area (Å²) in [6.07, 6.45) is -4.44. The first-order valence-corrected chi connectivity index (χ1v) is 8.14. The number of carbonyl (C=O) groups excluding carboxylic acids is 1. The highest BCUT2D eigenvalue weighted by molar-refractivity contribution is 8.00. The summed E-state index contributed by atoms with van der Waals surface area (Å²) < 4.78 is 43.3.